The summed E-state index contributed by atoms with van der Waals surface area (Å²) in [5.41, 5.74) is 2.50. The lowest BCUT2D eigenvalue weighted by Crippen LogP contribution is -2.40. The number of nitrogens with zero attached hydrogens (tertiary/aromatic N) is 2. The van der Waals surface area contributed by atoms with Crippen molar-refractivity contribution in [2.75, 3.05) is 26.3 Å². The fraction of sp³-hybridized carbons (Fsp3) is 0.444. The Bertz CT molecular complexity index is 653. The highest BCUT2D eigenvalue weighted by Gasteiger charge is 2.25. The second kappa shape index (κ2) is 8.26. The molecule has 6 heteroatoms. The first-order valence-electron chi connectivity index (χ1n) is 8.23. The number of para-hydroxylation sites is 1. The van der Waals surface area contributed by atoms with Crippen LogP contribution in [-0.4, -0.2) is 48.2 Å². The summed E-state index contributed by atoms with van der Waals surface area (Å²) in [4.78, 5) is 19.6. The average molecular weight is 346 g/mol. The Morgan fingerprint density at radius 2 is 2.25 bits per heavy atom. The Kier molecular flexibility index (Phi) is 5.82. The van der Waals surface area contributed by atoms with Crippen LogP contribution in [0.5, 0.6) is 5.75 Å². The van der Waals surface area contributed by atoms with Gasteiger partial charge in [-0.1, -0.05) is 18.2 Å². The Labute approximate surface area is 146 Å². The van der Waals surface area contributed by atoms with Crippen LogP contribution in [0.1, 0.15) is 28.2 Å². The fourth-order valence-electron chi connectivity index (χ4n) is 2.75. The van der Waals surface area contributed by atoms with Crippen LogP contribution in [0.25, 0.3) is 0 Å². The topological polar surface area (TPSA) is 51.7 Å². The van der Waals surface area contributed by atoms with E-state index in [1.54, 1.807) is 5.51 Å². The molecule has 1 aromatic carbocycles. The molecule has 0 spiro atoms. The quantitative estimate of drug-likeness (QED) is 0.773. The number of rotatable bonds is 7. The molecule has 1 amide bonds. The highest BCUT2D eigenvalue weighted by Crippen LogP contribution is 2.19. The van der Waals surface area contributed by atoms with Crippen molar-refractivity contribution in [1.82, 2.24) is 9.88 Å². The van der Waals surface area contributed by atoms with E-state index in [9.17, 15) is 4.79 Å². The molecule has 2 heterocycles. The van der Waals surface area contributed by atoms with E-state index in [1.807, 2.05) is 42.2 Å². The molecule has 1 aromatic heterocycles. The number of carbonyl (C=O) groups excluding carboxylic acids is 1. The number of aryl methyl sites for hydroxylation is 1. The van der Waals surface area contributed by atoms with Crippen molar-refractivity contribution in [2.45, 2.75) is 25.9 Å². The van der Waals surface area contributed by atoms with E-state index >= 15 is 0 Å². The van der Waals surface area contributed by atoms with Gasteiger partial charge in [0.2, 0.25) is 0 Å². The number of aromatic nitrogens is 1. The van der Waals surface area contributed by atoms with Crippen molar-refractivity contribution in [3.8, 4) is 5.75 Å². The second-order valence-corrected chi connectivity index (χ2v) is 6.67. The van der Waals surface area contributed by atoms with Gasteiger partial charge in [0.25, 0.3) is 5.91 Å². The molecule has 5 nitrogen and oxygen atoms in total. The van der Waals surface area contributed by atoms with Crippen LogP contribution in [0.4, 0.5) is 0 Å². The number of carbonyl (C=O) groups is 1. The van der Waals surface area contributed by atoms with Crippen molar-refractivity contribution in [3.05, 3.63) is 46.4 Å². The maximum absolute atomic E-state index is 12.8. The van der Waals surface area contributed by atoms with E-state index in [0.29, 0.717) is 24.6 Å². The smallest absolute Gasteiger partial charge is 0.266 e. The molecule has 1 fully saturated rings. The number of hydrogen-bond acceptors (Lipinski definition) is 5. The minimum Gasteiger partial charge on any atom is -0.492 e. The number of amides is 1. The molecule has 0 bridgehead atoms. The van der Waals surface area contributed by atoms with Gasteiger partial charge in [0, 0.05) is 13.2 Å². The van der Waals surface area contributed by atoms with Gasteiger partial charge in [-0.2, -0.15) is 0 Å². The summed E-state index contributed by atoms with van der Waals surface area (Å²) in [6.45, 7) is 4.25. The van der Waals surface area contributed by atoms with Crippen molar-refractivity contribution < 1.29 is 14.3 Å². The van der Waals surface area contributed by atoms with Crippen molar-refractivity contribution in [2.24, 2.45) is 0 Å². The summed E-state index contributed by atoms with van der Waals surface area (Å²) >= 11 is 1.39. The number of ether oxygens (including phenoxy) is 2. The van der Waals surface area contributed by atoms with Gasteiger partial charge in [0.1, 0.15) is 17.2 Å². The van der Waals surface area contributed by atoms with Gasteiger partial charge in [-0.05, 0) is 31.9 Å². The monoisotopic (exact) mass is 346 g/mol. The van der Waals surface area contributed by atoms with Crippen LogP contribution >= 0.6 is 11.3 Å². The summed E-state index contributed by atoms with van der Waals surface area (Å²) in [5, 5.41) is 0. The first kappa shape index (κ1) is 16.9. The van der Waals surface area contributed by atoms with Crippen LogP contribution in [-0.2, 0) is 4.74 Å². The zero-order valence-corrected chi connectivity index (χ0v) is 14.6. The normalized spacial score (nSPS) is 17.0. The van der Waals surface area contributed by atoms with Crippen molar-refractivity contribution >= 4 is 17.2 Å². The molecule has 0 aliphatic carbocycles. The Hall–Kier alpha value is -1.92. The zero-order valence-electron chi connectivity index (χ0n) is 13.8. The Balaban J connectivity index is 1.62. The predicted octanol–water partition coefficient (Wildman–Crippen LogP) is 3.15. The third-order valence-electron chi connectivity index (χ3n) is 4.05. The standard InChI is InChI=1S/C18H22N2O3S/c1-14-17(24-13-19-14)18(21)20(12-16-8-5-10-22-16)9-11-23-15-6-3-2-4-7-15/h2-4,6-7,13,16H,5,8-12H2,1H3. The Morgan fingerprint density at radius 3 is 2.92 bits per heavy atom. The lowest BCUT2D eigenvalue weighted by molar-refractivity contribution is 0.0496. The molecule has 0 radical (unpaired) electrons. The molecule has 24 heavy (non-hydrogen) atoms. The maximum atomic E-state index is 12.8. The number of hydrogen-bond donors (Lipinski definition) is 0. The molecular formula is C18H22N2O3S. The van der Waals surface area contributed by atoms with Crippen LogP contribution < -0.4 is 4.74 Å². The van der Waals surface area contributed by atoms with Crippen LogP contribution in [0.2, 0.25) is 0 Å². The van der Waals surface area contributed by atoms with E-state index in [0.717, 1.165) is 30.9 Å². The lowest BCUT2D eigenvalue weighted by Gasteiger charge is -2.25. The van der Waals surface area contributed by atoms with Crippen LogP contribution in [0.15, 0.2) is 35.8 Å². The summed E-state index contributed by atoms with van der Waals surface area (Å²) < 4.78 is 11.5. The van der Waals surface area contributed by atoms with Gasteiger partial charge in [0.15, 0.2) is 0 Å². The molecule has 2 aromatic rings. The van der Waals surface area contributed by atoms with E-state index in [-0.39, 0.29) is 12.0 Å². The molecule has 1 aliphatic rings. The van der Waals surface area contributed by atoms with E-state index < -0.39 is 0 Å². The van der Waals surface area contributed by atoms with Gasteiger partial charge in [-0.15, -0.1) is 11.3 Å². The SMILES string of the molecule is Cc1ncsc1C(=O)N(CCOc1ccccc1)CC1CCCO1. The first-order chi connectivity index (χ1) is 11.7. The van der Waals surface area contributed by atoms with Crippen LogP contribution in [0.3, 0.4) is 0 Å². The van der Waals surface area contributed by atoms with Gasteiger partial charge >= 0.3 is 0 Å². The average Bonchev–Trinajstić information content (AvgIpc) is 3.26. The minimum absolute atomic E-state index is 0.0159. The van der Waals surface area contributed by atoms with E-state index in [4.69, 9.17) is 9.47 Å². The molecule has 1 saturated heterocycles. The third kappa shape index (κ3) is 4.33. The summed E-state index contributed by atoms with van der Waals surface area (Å²) in [6.07, 6.45) is 2.19. The van der Waals surface area contributed by atoms with E-state index in [2.05, 4.69) is 4.98 Å². The van der Waals surface area contributed by atoms with Crippen molar-refractivity contribution in [1.29, 1.82) is 0 Å². The minimum atomic E-state index is 0.0159. The highest BCUT2D eigenvalue weighted by molar-refractivity contribution is 7.11. The largest absolute Gasteiger partial charge is 0.492 e. The lowest BCUT2D eigenvalue weighted by atomic mass is 10.2. The predicted molar refractivity (Wildman–Crippen MR) is 93.7 cm³/mol. The maximum Gasteiger partial charge on any atom is 0.266 e. The highest BCUT2D eigenvalue weighted by atomic mass is 32.1. The van der Waals surface area contributed by atoms with Crippen molar-refractivity contribution in [3.63, 3.8) is 0 Å². The molecule has 1 unspecified atom stereocenters. The molecule has 0 N–H and O–H groups in total. The third-order valence-corrected chi connectivity index (χ3v) is 4.96. The molecular weight excluding hydrogens is 324 g/mol. The molecule has 3 rings (SSSR count). The summed E-state index contributed by atoms with van der Waals surface area (Å²) in [5.74, 6) is 0.832. The van der Waals surface area contributed by atoms with E-state index in [1.165, 1.54) is 11.3 Å². The second-order valence-electron chi connectivity index (χ2n) is 5.81. The van der Waals surface area contributed by atoms with Gasteiger partial charge in [-0.25, -0.2) is 4.98 Å². The number of benzene rings is 1. The molecule has 1 aliphatic heterocycles. The zero-order chi connectivity index (χ0) is 16.8. The first-order valence-corrected chi connectivity index (χ1v) is 9.11. The molecule has 128 valence electrons. The van der Waals surface area contributed by atoms with Crippen LogP contribution in [0, 0.1) is 6.92 Å². The molecule has 0 saturated carbocycles. The van der Waals surface area contributed by atoms with Gasteiger partial charge in [0.05, 0.1) is 23.9 Å². The van der Waals surface area contributed by atoms with Gasteiger partial charge in [-0.3, -0.25) is 4.79 Å². The van der Waals surface area contributed by atoms with Gasteiger partial charge < -0.3 is 14.4 Å². The summed E-state index contributed by atoms with van der Waals surface area (Å²) in [7, 11) is 0. The molecule has 1 atom stereocenters. The fourth-order valence-corrected chi connectivity index (χ4v) is 3.52. The summed E-state index contributed by atoms with van der Waals surface area (Å²) in [6, 6.07) is 9.66. The number of thiazole rings is 1. The Morgan fingerprint density at radius 1 is 1.42 bits per heavy atom.